The predicted molar refractivity (Wildman–Crippen MR) is 63.2 cm³/mol. The van der Waals surface area contributed by atoms with Crippen LogP contribution in [0.3, 0.4) is 0 Å². The normalized spacial score (nSPS) is 10.1. The highest BCUT2D eigenvalue weighted by molar-refractivity contribution is 5.94. The fourth-order valence-corrected chi connectivity index (χ4v) is 1.26. The lowest BCUT2D eigenvalue weighted by Gasteiger charge is -2.05. The van der Waals surface area contributed by atoms with Gasteiger partial charge in [0.05, 0.1) is 13.2 Å². The molecule has 0 heterocycles. The molecule has 1 aromatic rings. The van der Waals surface area contributed by atoms with Crippen molar-refractivity contribution < 1.29 is 24.5 Å². The van der Waals surface area contributed by atoms with Gasteiger partial charge in [0.15, 0.2) is 0 Å². The van der Waals surface area contributed by atoms with E-state index in [-0.39, 0.29) is 32.3 Å². The first-order chi connectivity index (χ1) is 8.63. The van der Waals surface area contributed by atoms with Gasteiger partial charge in [-0.25, -0.2) is 4.79 Å². The summed E-state index contributed by atoms with van der Waals surface area (Å²) in [5.74, 6) is -1.31. The minimum atomic E-state index is -1.04. The van der Waals surface area contributed by atoms with Gasteiger partial charge in [0, 0.05) is 12.1 Å². The van der Waals surface area contributed by atoms with Gasteiger partial charge < -0.3 is 20.3 Å². The van der Waals surface area contributed by atoms with Crippen LogP contribution in [-0.2, 0) is 16.1 Å². The minimum absolute atomic E-state index is 0.0646. The van der Waals surface area contributed by atoms with Gasteiger partial charge in [0.2, 0.25) is 0 Å². The topological polar surface area (TPSA) is 95.9 Å². The summed E-state index contributed by atoms with van der Waals surface area (Å²) in [6.45, 7) is -0.0490. The number of carbonyl (C=O) groups is 2. The summed E-state index contributed by atoms with van der Waals surface area (Å²) in [4.78, 5) is 21.7. The van der Waals surface area contributed by atoms with Crippen LogP contribution in [0.1, 0.15) is 15.9 Å². The van der Waals surface area contributed by atoms with E-state index in [4.69, 9.17) is 14.9 Å². The minimum Gasteiger partial charge on any atom is -0.480 e. The Morgan fingerprint density at radius 1 is 1.22 bits per heavy atom. The van der Waals surface area contributed by atoms with Crippen LogP contribution in [-0.4, -0.2) is 41.8 Å². The maximum absolute atomic E-state index is 11.6. The number of carbonyl (C=O) groups excluding carboxylic acids is 1. The average molecular weight is 253 g/mol. The number of hydrogen-bond acceptors (Lipinski definition) is 4. The summed E-state index contributed by atoms with van der Waals surface area (Å²) in [5, 5.41) is 19.8. The van der Waals surface area contributed by atoms with Gasteiger partial charge in [-0.15, -0.1) is 0 Å². The zero-order chi connectivity index (χ0) is 13.4. The summed E-state index contributed by atoms with van der Waals surface area (Å²) in [6, 6.07) is 6.55. The van der Waals surface area contributed by atoms with Crippen molar-refractivity contribution in [3.63, 3.8) is 0 Å². The molecule has 1 aromatic carbocycles. The highest BCUT2D eigenvalue weighted by Gasteiger charge is 2.04. The summed E-state index contributed by atoms with van der Waals surface area (Å²) >= 11 is 0. The van der Waals surface area contributed by atoms with Crippen molar-refractivity contribution in [3.8, 4) is 0 Å². The number of aliphatic hydroxyl groups is 1. The fraction of sp³-hybridized carbons (Fsp3) is 0.333. The van der Waals surface area contributed by atoms with Gasteiger partial charge >= 0.3 is 5.97 Å². The highest BCUT2D eigenvalue weighted by atomic mass is 16.5. The van der Waals surface area contributed by atoms with Crippen LogP contribution in [0.4, 0.5) is 0 Å². The lowest BCUT2D eigenvalue weighted by molar-refractivity contribution is -0.142. The number of amides is 1. The van der Waals surface area contributed by atoms with Gasteiger partial charge in [-0.3, -0.25) is 4.79 Å². The van der Waals surface area contributed by atoms with Crippen LogP contribution >= 0.6 is 0 Å². The van der Waals surface area contributed by atoms with Crippen molar-refractivity contribution in [1.29, 1.82) is 0 Å². The molecule has 0 unspecified atom stereocenters. The quantitative estimate of drug-likeness (QED) is 0.595. The molecular weight excluding hydrogens is 238 g/mol. The Labute approximate surface area is 104 Å². The Morgan fingerprint density at radius 2 is 1.89 bits per heavy atom. The first-order valence-corrected chi connectivity index (χ1v) is 5.41. The van der Waals surface area contributed by atoms with Crippen LogP contribution in [0.2, 0.25) is 0 Å². The second-order valence-corrected chi connectivity index (χ2v) is 3.56. The summed E-state index contributed by atoms with van der Waals surface area (Å²) < 4.78 is 4.77. The lowest BCUT2D eigenvalue weighted by Crippen LogP contribution is -2.27. The standard InChI is InChI=1S/C12H15NO5/c14-7-9-1-3-10(4-2-9)12(17)13-5-6-18-8-11(15)16/h1-4,14H,5-8H2,(H,13,17)(H,15,16). The number of ether oxygens (including phenoxy) is 1. The molecule has 1 amide bonds. The average Bonchev–Trinajstić information content (AvgIpc) is 2.38. The number of carboxylic acids is 1. The Balaban J connectivity index is 2.29. The van der Waals surface area contributed by atoms with Crippen molar-refractivity contribution in [3.05, 3.63) is 35.4 Å². The second kappa shape index (κ2) is 7.41. The van der Waals surface area contributed by atoms with Crippen LogP contribution in [0.15, 0.2) is 24.3 Å². The third-order valence-corrected chi connectivity index (χ3v) is 2.16. The van der Waals surface area contributed by atoms with E-state index in [9.17, 15) is 9.59 Å². The molecule has 3 N–H and O–H groups in total. The molecule has 0 saturated heterocycles. The van der Waals surface area contributed by atoms with Gasteiger partial charge in [-0.1, -0.05) is 12.1 Å². The lowest BCUT2D eigenvalue weighted by atomic mass is 10.1. The van der Waals surface area contributed by atoms with Crippen LogP contribution < -0.4 is 5.32 Å². The van der Waals surface area contributed by atoms with Crippen LogP contribution in [0.5, 0.6) is 0 Å². The molecule has 0 aliphatic rings. The van der Waals surface area contributed by atoms with E-state index in [0.717, 1.165) is 5.56 Å². The Bertz CT molecular complexity index is 401. The maximum atomic E-state index is 11.6. The number of nitrogens with one attached hydrogen (secondary N) is 1. The molecule has 0 spiro atoms. The van der Waals surface area contributed by atoms with Gasteiger partial charge in [0.1, 0.15) is 6.61 Å². The Hall–Kier alpha value is -1.92. The third-order valence-electron chi connectivity index (χ3n) is 2.16. The van der Waals surface area contributed by atoms with E-state index < -0.39 is 5.97 Å². The van der Waals surface area contributed by atoms with Crippen molar-refractivity contribution in [2.45, 2.75) is 6.61 Å². The molecule has 1 rings (SSSR count). The highest BCUT2D eigenvalue weighted by Crippen LogP contribution is 2.03. The number of rotatable bonds is 7. The smallest absolute Gasteiger partial charge is 0.329 e. The molecule has 18 heavy (non-hydrogen) atoms. The molecule has 98 valence electrons. The molecule has 0 radical (unpaired) electrons. The zero-order valence-electron chi connectivity index (χ0n) is 9.76. The van der Waals surface area contributed by atoms with E-state index >= 15 is 0 Å². The Morgan fingerprint density at radius 3 is 2.44 bits per heavy atom. The SMILES string of the molecule is O=C(O)COCCNC(=O)c1ccc(CO)cc1. The molecule has 0 fully saturated rings. The molecule has 0 saturated carbocycles. The zero-order valence-corrected chi connectivity index (χ0v) is 9.76. The molecule has 0 aliphatic heterocycles. The molecule has 6 heteroatoms. The van der Waals surface area contributed by atoms with Gasteiger partial charge in [-0.05, 0) is 17.7 Å². The summed E-state index contributed by atoms with van der Waals surface area (Å²) in [6.07, 6.45) is 0. The van der Waals surface area contributed by atoms with Crippen molar-refractivity contribution >= 4 is 11.9 Å². The van der Waals surface area contributed by atoms with Crippen LogP contribution in [0.25, 0.3) is 0 Å². The maximum Gasteiger partial charge on any atom is 0.329 e. The molecule has 6 nitrogen and oxygen atoms in total. The summed E-state index contributed by atoms with van der Waals surface area (Å²) in [7, 11) is 0. The van der Waals surface area contributed by atoms with Crippen LogP contribution in [0, 0.1) is 0 Å². The molecular formula is C12H15NO5. The van der Waals surface area contributed by atoms with E-state index in [1.54, 1.807) is 24.3 Å². The molecule has 0 atom stereocenters. The van der Waals surface area contributed by atoms with Crippen molar-refractivity contribution in [2.75, 3.05) is 19.8 Å². The van der Waals surface area contributed by atoms with E-state index in [1.807, 2.05) is 0 Å². The van der Waals surface area contributed by atoms with Crippen molar-refractivity contribution in [1.82, 2.24) is 5.32 Å². The number of aliphatic carboxylic acids is 1. The number of carboxylic acid groups (broad SMARTS) is 1. The summed E-state index contributed by atoms with van der Waals surface area (Å²) in [5.41, 5.74) is 1.21. The van der Waals surface area contributed by atoms with E-state index in [0.29, 0.717) is 5.56 Å². The van der Waals surface area contributed by atoms with Gasteiger partial charge in [-0.2, -0.15) is 0 Å². The Kier molecular flexibility index (Phi) is 5.83. The van der Waals surface area contributed by atoms with Gasteiger partial charge in [0.25, 0.3) is 5.91 Å². The molecule has 0 bridgehead atoms. The number of aliphatic hydroxyl groups excluding tert-OH is 1. The number of benzene rings is 1. The van der Waals surface area contributed by atoms with E-state index in [2.05, 4.69) is 5.32 Å². The monoisotopic (exact) mass is 253 g/mol. The largest absolute Gasteiger partial charge is 0.480 e. The third kappa shape index (κ3) is 4.94. The number of hydrogen-bond donors (Lipinski definition) is 3. The first-order valence-electron chi connectivity index (χ1n) is 5.41. The van der Waals surface area contributed by atoms with E-state index in [1.165, 1.54) is 0 Å². The molecule has 0 aliphatic carbocycles. The fourth-order valence-electron chi connectivity index (χ4n) is 1.26. The first kappa shape index (κ1) is 14.1. The van der Waals surface area contributed by atoms with Crippen molar-refractivity contribution in [2.24, 2.45) is 0 Å². The second-order valence-electron chi connectivity index (χ2n) is 3.56. The molecule has 0 aromatic heterocycles. The predicted octanol–water partition coefficient (Wildman–Crippen LogP) is 0.00990.